The molecule has 2 saturated heterocycles. The first kappa shape index (κ1) is 16.4. The van der Waals surface area contributed by atoms with Crippen LogP contribution in [-0.2, 0) is 16.0 Å². The van der Waals surface area contributed by atoms with E-state index in [0.29, 0.717) is 12.0 Å². The first-order chi connectivity index (χ1) is 10.2. The lowest BCUT2D eigenvalue weighted by Gasteiger charge is -2.34. The number of pyridine rings is 1. The maximum Gasteiger partial charge on any atom is 0.0645 e. The van der Waals surface area contributed by atoms with Crippen LogP contribution in [0.2, 0.25) is 0 Å². The van der Waals surface area contributed by atoms with Crippen molar-refractivity contribution < 1.29 is 9.47 Å². The highest BCUT2D eigenvalue weighted by Gasteiger charge is 2.23. The van der Waals surface area contributed by atoms with Crippen LogP contribution in [0.3, 0.4) is 0 Å². The van der Waals surface area contributed by atoms with Gasteiger partial charge in [0.1, 0.15) is 0 Å². The van der Waals surface area contributed by atoms with E-state index in [1.165, 1.54) is 18.5 Å². The molecule has 1 aromatic rings. The normalized spacial score (nSPS) is 18.5. The number of hydrogen-bond donors (Lipinski definition) is 0. The van der Waals surface area contributed by atoms with Crippen molar-refractivity contribution in [2.45, 2.75) is 45.2 Å². The van der Waals surface area contributed by atoms with Crippen molar-refractivity contribution in [3.63, 3.8) is 0 Å². The van der Waals surface area contributed by atoms with Crippen LogP contribution in [0, 0.1) is 0 Å². The smallest absolute Gasteiger partial charge is 0.0645 e. The maximum absolute atomic E-state index is 5.19. The summed E-state index contributed by atoms with van der Waals surface area (Å²) in [6.07, 6.45) is 2.56. The van der Waals surface area contributed by atoms with Crippen LogP contribution in [0.25, 0.3) is 0 Å². The van der Waals surface area contributed by atoms with Gasteiger partial charge in [-0.1, -0.05) is 19.9 Å². The molecule has 1 aromatic heterocycles. The van der Waals surface area contributed by atoms with Crippen molar-refractivity contribution in [1.82, 2.24) is 9.88 Å². The molecule has 2 aliphatic heterocycles. The number of aromatic nitrogens is 1. The Hall–Kier alpha value is -0.970. The zero-order valence-electron chi connectivity index (χ0n) is 13.5. The van der Waals surface area contributed by atoms with Crippen molar-refractivity contribution >= 4 is 0 Å². The Morgan fingerprint density at radius 2 is 1.90 bits per heavy atom. The van der Waals surface area contributed by atoms with Gasteiger partial charge in [-0.15, -0.1) is 0 Å². The van der Waals surface area contributed by atoms with Gasteiger partial charge >= 0.3 is 0 Å². The Bertz CT molecular complexity index is 407. The van der Waals surface area contributed by atoms with Crippen molar-refractivity contribution in [2.24, 2.45) is 0 Å². The van der Waals surface area contributed by atoms with Gasteiger partial charge in [0.25, 0.3) is 0 Å². The van der Waals surface area contributed by atoms with Gasteiger partial charge in [-0.3, -0.25) is 9.88 Å². The molecule has 118 valence electrons. The molecule has 0 aliphatic carbocycles. The molecule has 0 unspecified atom stereocenters. The van der Waals surface area contributed by atoms with Gasteiger partial charge in [-0.05, 0) is 37.9 Å². The quantitative estimate of drug-likeness (QED) is 0.854. The van der Waals surface area contributed by atoms with E-state index in [9.17, 15) is 0 Å². The standard InChI is InChI=1S/C13H20N2O.C4H8O/c1-10(2)13-6-4-5-11(14-13)7-15(3)12-8-16-9-12;1-2-4-5-3-1/h4-6,10,12H,7-9H2,1-3H3;1-4H2. The highest BCUT2D eigenvalue weighted by atomic mass is 16.5. The first-order valence-electron chi connectivity index (χ1n) is 7.98. The van der Waals surface area contributed by atoms with Gasteiger partial charge in [0.15, 0.2) is 0 Å². The molecule has 0 atom stereocenters. The molecule has 0 bridgehead atoms. The summed E-state index contributed by atoms with van der Waals surface area (Å²) in [5.74, 6) is 0.497. The van der Waals surface area contributed by atoms with Crippen LogP contribution in [0.1, 0.15) is 44.0 Å². The molecule has 4 nitrogen and oxygen atoms in total. The Balaban J connectivity index is 0.000000272. The number of likely N-dealkylation sites (N-methyl/N-ethyl adjacent to an activating group) is 1. The van der Waals surface area contributed by atoms with Crippen molar-refractivity contribution in [1.29, 1.82) is 0 Å². The van der Waals surface area contributed by atoms with E-state index in [0.717, 1.165) is 38.7 Å². The fourth-order valence-electron chi connectivity index (χ4n) is 2.28. The summed E-state index contributed by atoms with van der Waals surface area (Å²) < 4.78 is 10.1. The second kappa shape index (κ2) is 8.47. The minimum Gasteiger partial charge on any atom is -0.381 e. The van der Waals surface area contributed by atoms with Crippen LogP contribution in [-0.4, -0.2) is 49.4 Å². The fourth-order valence-corrected chi connectivity index (χ4v) is 2.28. The molecular weight excluding hydrogens is 264 g/mol. The molecule has 0 spiro atoms. The van der Waals surface area contributed by atoms with Gasteiger partial charge in [0.05, 0.1) is 24.9 Å². The molecule has 0 radical (unpaired) electrons. The van der Waals surface area contributed by atoms with Crippen molar-refractivity contribution in [3.05, 3.63) is 29.6 Å². The largest absolute Gasteiger partial charge is 0.381 e. The topological polar surface area (TPSA) is 34.6 Å². The van der Waals surface area contributed by atoms with Crippen LogP contribution in [0.5, 0.6) is 0 Å². The average Bonchev–Trinajstić information content (AvgIpc) is 2.95. The van der Waals surface area contributed by atoms with Crippen LogP contribution < -0.4 is 0 Å². The third kappa shape index (κ3) is 5.38. The SMILES string of the molecule is C1CCOC1.CC(C)c1cccc(CN(C)C2COC2)n1. The highest BCUT2D eigenvalue weighted by molar-refractivity contribution is 5.13. The van der Waals surface area contributed by atoms with Crippen LogP contribution in [0.4, 0.5) is 0 Å². The molecule has 2 fully saturated rings. The van der Waals surface area contributed by atoms with Gasteiger partial charge in [-0.2, -0.15) is 0 Å². The molecule has 3 heterocycles. The molecule has 0 saturated carbocycles. The Morgan fingerprint density at radius 1 is 1.19 bits per heavy atom. The predicted molar refractivity (Wildman–Crippen MR) is 84.5 cm³/mol. The lowest BCUT2D eigenvalue weighted by molar-refractivity contribution is -0.0589. The Morgan fingerprint density at radius 3 is 2.38 bits per heavy atom. The van der Waals surface area contributed by atoms with Gasteiger partial charge < -0.3 is 9.47 Å². The molecule has 21 heavy (non-hydrogen) atoms. The lowest BCUT2D eigenvalue weighted by Crippen LogP contribution is -2.46. The summed E-state index contributed by atoms with van der Waals surface area (Å²) >= 11 is 0. The number of hydrogen-bond acceptors (Lipinski definition) is 4. The van der Waals surface area contributed by atoms with Crippen molar-refractivity contribution in [3.8, 4) is 0 Å². The zero-order valence-corrected chi connectivity index (χ0v) is 13.5. The minimum absolute atomic E-state index is 0.497. The number of rotatable bonds is 4. The predicted octanol–water partition coefficient (Wildman–Crippen LogP) is 2.83. The average molecular weight is 292 g/mol. The van der Waals surface area contributed by atoms with Crippen LogP contribution >= 0.6 is 0 Å². The minimum atomic E-state index is 0.497. The van der Waals surface area contributed by atoms with E-state index < -0.39 is 0 Å². The molecule has 0 amide bonds. The van der Waals surface area contributed by atoms with Gasteiger partial charge in [0.2, 0.25) is 0 Å². The van der Waals surface area contributed by atoms with E-state index in [1.807, 2.05) is 0 Å². The number of ether oxygens (including phenoxy) is 2. The first-order valence-corrected chi connectivity index (χ1v) is 7.98. The maximum atomic E-state index is 5.19. The number of nitrogens with zero attached hydrogens (tertiary/aromatic N) is 2. The summed E-state index contributed by atoms with van der Waals surface area (Å²) in [4.78, 5) is 6.99. The molecule has 4 heteroatoms. The summed E-state index contributed by atoms with van der Waals surface area (Å²) in [7, 11) is 2.14. The van der Waals surface area contributed by atoms with Crippen molar-refractivity contribution in [2.75, 3.05) is 33.5 Å². The van der Waals surface area contributed by atoms with Crippen LogP contribution in [0.15, 0.2) is 18.2 Å². The Kier molecular flexibility index (Phi) is 6.61. The molecule has 0 N–H and O–H groups in total. The van der Waals surface area contributed by atoms with E-state index in [4.69, 9.17) is 9.47 Å². The van der Waals surface area contributed by atoms with E-state index >= 15 is 0 Å². The summed E-state index contributed by atoms with van der Waals surface area (Å²) in [5, 5.41) is 0. The summed E-state index contributed by atoms with van der Waals surface area (Å²) in [6, 6.07) is 6.87. The highest BCUT2D eigenvalue weighted by Crippen LogP contribution is 2.14. The zero-order chi connectivity index (χ0) is 15.1. The molecular formula is C17H28N2O2. The second-order valence-corrected chi connectivity index (χ2v) is 6.13. The molecule has 0 aromatic carbocycles. The Labute approximate surface area is 128 Å². The third-order valence-electron chi connectivity index (χ3n) is 3.90. The van der Waals surface area contributed by atoms with Gasteiger partial charge in [0, 0.05) is 25.5 Å². The third-order valence-corrected chi connectivity index (χ3v) is 3.90. The van der Waals surface area contributed by atoms with E-state index in [-0.39, 0.29) is 0 Å². The lowest BCUT2D eigenvalue weighted by atomic mass is 10.1. The second-order valence-electron chi connectivity index (χ2n) is 6.13. The van der Waals surface area contributed by atoms with E-state index in [1.54, 1.807) is 0 Å². The van der Waals surface area contributed by atoms with Gasteiger partial charge in [-0.25, -0.2) is 0 Å². The molecule has 2 aliphatic rings. The molecule has 3 rings (SSSR count). The fraction of sp³-hybridized carbons (Fsp3) is 0.706. The van der Waals surface area contributed by atoms with E-state index in [2.05, 4.69) is 49.0 Å². The monoisotopic (exact) mass is 292 g/mol. The summed E-state index contributed by atoms with van der Waals surface area (Å²) in [5.41, 5.74) is 2.33. The summed E-state index contributed by atoms with van der Waals surface area (Å²) in [6.45, 7) is 8.99.